The number of hydrogen-bond donors (Lipinski definition) is 1. The Kier molecular flexibility index (Phi) is 4.70. The molecule has 2 N–H and O–H groups in total. The zero-order chi connectivity index (χ0) is 16.9. The third-order valence-corrected chi connectivity index (χ3v) is 3.80. The molecule has 0 bridgehead atoms. The Morgan fingerprint density at radius 3 is 2.71 bits per heavy atom. The van der Waals surface area contributed by atoms with Gasteiger partial charge in [0.1, 0.15) is 0 Å². The first-order valence-electron chi connectivity index (χ1n) is 7.76. The largest absolute Gasteiger partial charge is 0.366 e. The number of hydrogen-bond acceptors (Lipinski definition) is 4. The molecule has 0 saturated carbocycles. The summed E-state index contributed by atoms with van der Waals surface area (Å²) in [7, 11) is 0. The molecule has 1 aromatic heterocycles. The van der Waals surface area contributed by atoms with E-state index in [0.717, 1.165) is 18.4 Å². The Bertz CT molecular complexity index is 841. The molecule has 0 saturated heterocycles. The molecule has 3 aromatic rings. The van der Waals surface area contributed by atoms with Gasteiger partial charge in [-0.2, -0.15) is 4.98 Å². The van der Waals surface area contributed by atoms with Crippen molar-refractivity contribution in [1.82, 2.24) is 10.1 Å². The average molecular weight is 320 g/mol. The van der Waals surface area contributed by atoms with Crippen molar-refractivity contribution in [3.8, 4) is 11.4 Å². The van der Waals surface area contributed by atoms with E-state index in [4.69, 9.17) is 10.3 Å². The summed E-state index contributed by atoms with van der Waals surface area (Å²) in [6, 6.07) is 15.5. The molecule has 1 radical (unpaired) electrons. The molecule has 24 heavy (non-hydrogen) atoms. The number of aryl methyl sites for hydroxylation is 2. The van der Waals surface area contributed by atoms with Gasteiger partial charge in [-0.15, -0.1) is 0 Å². The van der Waals surface area contributed by atoms with Crippen LogP contribution in [0.5, 0.6) is 0 Å². The third-order valence-electron chi connectivity index (χ3n) is 3.80. The lowest BCUT2D eigenvalue weighted by Crippen LogP contribution is -2.13. The zero-order valence-electron chi connectivity index (χ0n) is 13.4. The van der Waals surface area contributed by atoms with Crippen LogP contribution in [0.25, 0.3) is 11.4 Å². The fourth-order valence-electron chi connectivity index (χ4n) is 2.60. The van der Waals surface area contributed by atoms with Crippen molar-refractivity contribution in [2.24, 2.45) is 5.73 Å². The summed E-state index contributed by atoms with van der Waals surface area (Å²) >= 11 is 0. The third kappa shape index (κ3) is 3.51. The molecule has 0 atom stereocenters. The Labute approximate surface area is 140 Å². The highest BCUT2D eigenvalue weighted by atomic mass is 16.5. The van der Waals surface area contributed by atoms with E-state index in [9.17, 15) is 4.79 Å². The van der Waals surface area contributed by atoms with Crippen LogP contribution in [0.4, 0.5) is 0 Å². The van der Waals surface area contributed by atoms with Gasteiger partial charge < -0.3 is 10.3 Å². The maximum Gasteiger partial charge on any atom is 0.249 e. The smallest absolute Gasteiger partial charge is 0.249 e. The van der Waals surface area contributed by atoms with Crippen LogP contribution in [-0.2, 0) is 6.42 Å². The van der Waals surface area contributed by atoms with Crippen molar-refractivity contribution in [3.05, 3.63) is 77.5 Å². The summed E-state index contributed by atoms with van der Waals surface area (Å²) in [6.07, 6.45) is 3.59. The van der Waals surface area contributed by atoms with Crippen LogP contribution in [0.15, 0.2) is 53.1 Å². The van der Waals surface area contributed by atoms with E-state index in [-0.39, 0.29) is 0 Å². The molecule has 0 aliphatic rings. The number of aromatic nitrogens is 2. The molecular weight excluding hydrogens is 302 g/mol. The maximum absolute atomic E-state index is 11.6. The molecule has 2 aromatic carbocycles. The normalized spacial score (nSPS) is 10.7. The van der Waals surface area contributed by atoms with Gasteiger partial charge in [0.2, 0.25) is 17.6 Å². The summed E-state index contributed by atoms with van der Waals surface area (Å²) in [5.74, 6) is 0.320. The van der Waals surface area contributed by atoms with E-state index in [0.29, 0.717) is 22.8 Å². The summed E-state index contributed by atoms with van der Waals surface area (Å²) in [5, 5.41) is 3.99. The summed E-state index contributed by atoms with van der Waals surface area (Å²) in [4.78, 5) is 16.0. The van der Waals surface area contributed by atoms with Crippen molar-refractivity contribution >= 4 is 5.91 Å². The number of nitrogens with two attached hydrogens (primary N) is 1. The summed E-state index contributed by atoms with van der Waals surface area (Å²) < 4.78 is 5.28. The lowest BCUT2D eigenvalue weighted by atomic mass is 10.0. The zero-order valence-corrected chi connectivity index (χ0v) is 13.4. The second-order valence-corrected chi connectivity index (χ2v) is 5.55. The van der Waals surface area contributed by atoms with E-state index in [1.54, 1.807) is 12.1 Å². The highest BCUT2D eigenvalue weighted by Crippen LogP contribution is 2.25. The minimum Gasteiger partial charge on any atom is -0.366 e. The first kappa shape index (κ1) is 15.9. The number of amides is 1. The Hall–Kier alpha value is -2.95. The van der Waals surface area contributed by atoms with Crippen LogP contribution in [0.1, 0.15) is 33.8 Å². The molecule has 121 valence electrons. The van der Waals surface area contributed by atoms with Gasteiger partial charge >= 0.3 is 0 Å². The predicted octanol–water partition coefficient (Wildman–Crippen LogP) is 3.33. The van der Waals surface area contributed by atoms with Crippen LogP contribution in [-0.4, -0.2) is 16.0 Å². The van der Waals surface area contributed by atoms with E-state index in [2.05, 4.69) is 22.3 Å². The van der Waals surface area contributed by atoms with Gasteiger partial charge in [-0.3, -0.25) is 4.79 Å². The standard InChI is InChI=1S/C19H18N3O2/c1-13-7-5-11-15(18(20)23)17(13)19-21-16(24-22-19)12-6-10-14-8-3-2-4-9-14/h2-5,7-9,11-12H,6,10H2,1H3,(H2,20,23). The average Bonchev–Trinajstić information content (AvgIpc) is 3.04. The van der Waals surface area contributed by atoms with E-state index in [1.807, 2.05) is 37.6 Å². The molecule has 0 aliphatic carbocycles. The molecule has 5 nitrogen and oxygen atoms in total. The number of benzene rings is 2. The molecule has 0 aliphatic heterocycles. The van der Waals surface area contributed by atoms with Crippen LogP contribution in [0.3, 0.4) is 0 Å². The molecule has 3 rings (SSSR count). The Balaban J connectivity index is 1.73. The minimum atomic E-state index is -0.506. The van der Waals surface area contributed by atoms with Gasteiger partial charge in [-0.1, -0.05) is 47.6 Å². The van der Waals surface area contributed by atoms with Crippen molar-refractivity contribution in [3.63, 3.8) is 0 Å². The molecule has 0 fully saturated rings. The number of rotatable bonds is 6. The fraction of sp³-hybridized carbons (Fsp3) is 0.158. The number of nitrogens with zero attached hydrogens (tertiary/aromatic N) is 2. The molecule has 5 heteroatoms. The topological polar surface area (TPSA) is 82.0 Å². The number of primary amides is 1. The van der Waals surface area contributed by atoms with Crippen molar-refractivity contribution in [2.45, 2.75) is 19.8 Å². The fourth-order valence-corrected chi connectivity index (χ4v) is 2.60. The predicted molar refractivity (Wildman–Crippen MR) is 91.2 cm³/mol. The highest BCUT2D eigenvalue weighted by Gasteiger charge is 2.17. The monoisotopic (exact) mass is 320 g/mol. The number of carbonyl (C=O) groups excluding carboxylic acids is 1. The molecule has 0 unspecified atom stereocenters. The summed E-state index contributed by atoms with van der Waals surface area (Å²) in [6.45, 7) is 1.89. The lowest BCUT2D eigenvalue weighted by molar-refractivity contribution is 0.100. The van der Waals surface area contributed by atoms with Gasteiger partial charge in [0.15, 0.2) is 0 Å². The Morgan fingerprint density at radius 1 is 1.17 bits per heavy atom. The molecule has 0 spiro atoms. The van der Waals surface area contributed by atoms with E-state index in [1.165, 1.54) is 5.56 Å². The number of carbonyl (C=O) groups is 1. The second-order valence-electron chi connectivity index (χ2n) is 5.55. The van der Waals surface area contributed by atoms with E-state index < -0.39 is 5.91 Å². The first-order valence-corrected chi connectivity index (χ1v) is 7.76. The van der Waals surface area contributed by atoms with Crippen LogP contribution >= 0.6 is 0 Å². The maximum atomic E-state index is 11.6. The van der Waals surface area contributed by atoms with Crippen molar-refractivity contribution < 1.29 is 9.32 Å². The second kappa shape index (κ2) is 7.08. The van der Waals surface area contributed by atoms with Crippen molar-refractivity contribution in [1.29, 1.82) is 0 Å². The SMILES string of the molecule is Cc1cccc(C(N)=O)c1-c1noc([CH]CCc2ccccc2)n1. The van der Waals surface area contributed by atoms with Crippen LogP contribution < -0.4 is 5.73 Å². The molecular formula is C19H18N3O2. The summed E-state index contributed by atoms with van der Waals surface area (Å²) in [5.41, 5.74) is 8.59. The van der Waals surface area contributed by atoms with Crippen LogP contribution in [0, 0.1) is 13.3 Å². The van der Waals surface area contributed by atoms with Gasteiger partial charge in [0.05, 0.1) is 12.0 Å². The van der Waals surface area contributed by atoms with Gasteiger partial charge in [0, 0.05) is 5.56 Å². The molecule has 1 amide bonds. The van der Waals surface area contributed by atoms with Gasteiger partial charge in [0.25, 0.3) is 0 Å². The Morgan fingerprint density at radius 2 is 1.96 bits per heavy atom. The van der Waals surface area contributed by atoms with Gasteiger partial charge in [-0.05, 0) is 37.0 Å². The first-order chi connectivity index (χ1) is 11.6. The van der Waals surface area contributed by atoms with Crippen molar-refractivity contribution in [2.75, 3.05) is 0 Å². The van der Waals surface area contributed by atoms with Gasteiger partial charge in [-0.25, -0.2) is 0 Å². The lowest BCUT2D eigenvalue weighted by Gasteiger charge is -2.05. The van der Waals surface area contributed by atoms with E-state index >= 15 is 0 Å². The highest BCUT2D eigenvalue weighted by molar-refractivity contribution is 5.99. The quantitative estimate of drug-likeness (QED) is 0.755. The van der Waals surface area contributed by atoms with Crippen LogP contribution in [0.2, 0.25) is 0 Å². The minimum absolute atomic E-state index is 0.382. The molecule has 1 heterocycles.